The number of carbonyl (C=O) groups is 2. The standard InChI is InChI=1S/C27H18F3N3O4/c1-15-21(23(37-33-15)16-8-3-2-4-9-16)25(34)32-22-19-12-5-6-13-20(19)36-24(22)26(35)31-18-11-7-10-17(14-18)27(28,29)30/h2-14H,1H3,(H,31,35)(H,32,34). The fourth-order valence-corrected chi connectivity index (χ4v) is 3.89. The summed E-state index contributed by atoms with van der Waals surface area (Å²) in [5.41, 5.74) is 0.494. The van der Waals surface area contributed by atoms with Crippen LogP contribution >= 0.6 is 0 Å². The highest BCUT2D eigenvalue weighted by Crippen LogP contribution is 2.34. The van der Waals surface area contributed by atoms with Gasteiger partial charge in [-0.25, -0.2) is 0 Å². The van der Waals surface area contributed by atoms with Crippen LogP contribution in [0.1, 0.15) is 32.2 Å². The van der Waals surface area contributed by atoms with Crippen LogP contribution in [0.3, 0.4) is 0 Å². The van der Waals surface area contributed by atoms with Gasteiger partial charge in [0.05, 0.1) is 11.3 Å². The number of nitrogens with one attached hydrogen (secondary N) is 2. The van der Waals surface area contributed by atoms with Crippen molar-refractivity contribution < 1.29 is 31.7 Å². The lowest BCUT2D eigenvalue weighted by Gasteiger charge is -2.10. The number of rotatable bonds is 5. The van der Waals surface area contributed by atoms with Crippen molar-refractivity contribution in [2.75, 3.05) is 10.6 Å². The summed E-state index contributed by atoms with van der Waals surface area (Å²) in [7, 11) is 0. The highest BCUT2D eigenvalue weighted by atomic mass is 19.4. The van der Waals surface area contributed by atoms with Gasteiger partial charge in [0.2, 0.25) is 5.76 Å². The molecule has 0 saturated carbocycles. The van der Waals surface area contributed by atoms with Crippen molar-refractivity contribution in [3.05, 3.63) is 101 Å². The summed E-state index contributed by atoms with van der Waals surface area (Å²) in [4.78, 5) is 26.5. The lowest BCUT2D eigenvalue weighted by Crippen LogP contribution is -2.18. The Morgan fingerprint density at radius 3 is 2.35 bits per heavy atom. The molecule has 2 N–H and O–H groups in total. The van der Waals surface area contributed by atoms with Crippen LogP contribution in [-0.2, 0) is 6.18 Å². The summed E-state index contributed by atoms with van der Waals surface area (Å²) >= 11 is 0. The minimum absolute atomic E-state index is 0.0599. The Bertz CT molecular complexity index is 1620. The highest BCUT2D eigenvalue weighted by Gasteiger charge is 2.31. The number of hydrogen-bond donors (Lipinski definition) is 2. The van der Waals surface area contributed by atoms with Gasteiger partial charge in [-0.05, 0) is 37.3 Å². The second-order valence-electron chi connectivity index (χ2n) is 8.13. The zero-order valence-corrected chi connectivity index (χ0v) is 19.2. The number of furan rings is 1. The largest absolute Gasteiger partial charge is 0.449 e. The predicted molar refractivity (Wildman–Crippen MR) is 130 cm³/mol. The van der Waals surface area contributed by atoms with Gasteiger partial charge in [-0.15, -0.1) is 0 Å². The maximum absolute atomic E-state index is 13.4. The summed E-state index contributed by atoms with van der Waals surface area (Å²) in [6, 6.07) is 19.8. The van der Waals surface area contributed by atoms with Gasteiger partial charge in [0.15, 0.2) is 5.76 Å². The van der Waals surface area contributed by atoms with Crippen molar-refractivity contribution in [3.63, 3.8) is 0 Å². The average molecular weight is 505 g/mol. The zero-order valence-electron chi connectivity index (χ0n) is 19.2. The maximum Gasteiger partial charge on any atom is 0.416 e. The second-order valence-corrected chi connectivity index (χ2v) is 8.13. The first-order chi connectivity index (χ1) is 17.7. The number of halogens is 3. The van der Waals surface area contributed by atoms with E-state index in [1.165, 1.54) is 12.1 Å². The van der Waals surface area contributed by atoms with E-state index in [4.69, 9.17) is 8.94 Å². The van der Waals surface area contributed by atoms with Gasteiger partial charge in [0, 0.05) is 16.6 Å². The third-order valence-corrected chi connectivity index (χ3v) is 5.61. The minimum atomic E-state index is -4.58. The molecule has 0 radical (unpaired) electrons. The third-order valence-electron chi connectivity index (χ3n) is 5.61. The summed E-state index contributed by atoms with van der Waals surface area (Å²) in [5.74, 6) is -1.46. The molecule has 2 heterocycles. The first kappa shape index (κ1) is 23.9. The molecule has 2 aromatic heterocycles. The number of carbonyl (C=O) groups excluding carboxylic acids is 2. The van der Waals surface area contributed by atoms with Crippen molar-refractivity contribution in [3.8, 4) is 11.3 Å². The molecule has 0 fully saturated rings. The molecule has 186 valence electrons. The third kappa shape index (κ3) is 4.68. The van der Waals surface area contributed by atoms with E-state index in [0.29, 0.717) is 22.2 Å². The van der Waals surface area contributed by atoms with Gasteiger partial charge in [-0.1, -0.05) is 53.7 Å². The van der Waals surface area contributed by atoms with Gasteiger partial charge >= 0.3 is 6.18 Å². The quantitative estimate of drug-likeness (QED) is 0.270. The molecule has 5 rings (SSSR count). The highest BCUT2D eigenvalue weighted by molar-refractivity contribution is 6.18. The van der Waals surface area contributed by atoms with Gasteiger partial charge in [0.1, 0.15) is 16.8 Å². The van der Waals surface area contributed by atoms with Gasteiger partial charge in [0.25, 0.3) is 11.8 Å². The Hall–Kier alpha value is -4.86. The lowest BCUT2D eigenvalue weighted by atomic mass is 10.1. The topological polar surface area (TPSA) is 97.4 Å². The normalized spacial score (nSPS) is 11.5. The molecule has 0 aliphatic carbocycles. The number of aromatic nitrogens is 1. The number of para-hydroxylation sites is 1. The van der Waals surface area contributed by atoms with Crippen LogP contribution < -0.4 is 10.6 Å². The smallest absolute Gasteiger partial charge is 0.416 e. The van der Waals surface area contributed by atoms with Crippen molar-refractivity contribution in [2.45, 2.75) is 13.1 Å². The Balaban J connectivity index is 1.51. The Morgan fingerprint density at radius 1 is 0.865 bits per heavy atom. The molecule has 0 saturated heterocycles. The van der Waals surface area contributed by atoms with Gasteiger partial charge < -0.3 is 19.6 Å². The van der Waals surface area contributed by atoms with E-state index in [-0.39, 0.29) is 28.5 Å². The van der Waals surface area contributed by atoms with E-state index in [1.807, 2.05) is 6.07 Å². The molecule has 0 aliphatic heterocycles. The molecule has 5 aromatic rings. The number of nitrogens with zero attached hydrogens (tertiary/aromatic N) is 1. The van der Waals surface area contributed by atoms with E-state index in [0.717, 1.165) is 12.1 Å². The molecule has 3 aromatic carbocycles. The van der Waals surface area contributed by atoms with Crippen molar-refractivity contribution in [1.29, 1.82) is 0 Å². The number of anilines is 2. The van der Waals surface area contributed by atoms with Gasteiger partial charge in [-0.2, -0.15) is 13.2 Å². The SMILES string of the molecule is Cc1noc(-c2ccccc2)c1C(=O)Nc1c(C(=O)Nc2cccc(C(F)(F)F)c2)oc2ccccc12. The summed E-state index contributed by atoms with van der Waals surface area (Å²) in [5, 5.41) is 9.48. The van der Waals surface area contributed by atoms with E-state index in [2.05, 4.69) is 15.8 Å². The fraction of sp³-hybridized carbons (Fsp3) is 0.0741. The van der Waals surface area contributed by atoms with E-state index in [9.17, 15) is 22.8 Å². The van der Waals surface area contributed by atoms with Crippen LogP contribution in [0.5, 0.6) is 0 Å². The fourth-order valence-electron chi connectivity index (χ4n) is 3.89. The van der Waals surface area contributed by atoms with Crippen LogP contribution in [-0.4, -0.2) is 17.0 Å². The molecule has 10 heteroatoms. The molecule has 7 nitrogen and oxygen atoms in total. The number of fused-ring (bicyclic) bond motifs is 1. The van der Waals surface area contributed by atoms with Crippen LogP contribution in [0.4, 0.5) is 24.5 Å². The number of aryl methyl sites for hydroxylation is 1. The molecule has 2 amide bonds. The molecule has 0 spiro atoms. The van der Waals surface area contributed by atoms with Crippen molar-refractivity contribution in [2.24, 2.45) is 0 Å². The minimum Gasteiger partial charge on any atom is -0.449 e. The number of benzene rings is 3. The predicted octanol–water partition coefficient (Wildman–Crippen LogP) is 6.92. The van der Waals surface area contributed by atoms with E-state index >= 15 is 0 Å². The first-order valence-corrected chi connectivity index (χ1v) is 11.1. The summed E-state index contributed by atoms with van der Waals surface area (Å²) in [6.45, 7) is 1.61. The monoisotopic (exact) mass is 505 g/mol. The molecular weight excluding hydrogens is 487 g/mol. The molecule has 37 heavy (non-hydrogen) atoms. The summed E-state index contributed by atoms with van der Waals surface area (Å²) < 4.78 is 50.4. The summed E-state index contributed by atoms with van der Waals surface area (Å²) in [6.07, 6.45) is -4.58. The molecule has 0 atom stereocenters. The van der Waals surface area contributed by atoms with Crippen LogP contribution in [0.15, 0.2) is 87.8 Å². The second kappa shape index (κ2) is 9.30. The maximum atomic E-state index is 13.4. The zero-order chi connectivity index (χ0) is 26.2. The van der Waals surface area contributed by atoms with Crippen LogP contribution in [0.2, 0.25) is 0 Å². The van der Waals surface area contributed by atoms with Crippen LogP contribution in [0, 0.1) is 6.92 Å². The number of alkyl halides is 3. The molecular formula is C27H18F3N3O4. The van der Waals surface area contributed by atoms with Gasteiger partial charge in [-0.3, -0.25) is 9.59 Å². The Morgan fingerprint density at radius 2 is 1.59 bits per heavy atom. The lowest BCUT2D eigenvalue weighted by molar-refractivity contribution is -0.137. The first-order valence-electron chi connectivity index (χ1n) is 11.1. The van der Waals surface area contributed by atoms with Crippen LogP contribution in [0.25, 0.3) is 22.3 Å². The molecule has 0 unspecified atom stereocenters. The average Bonchev–Trinajstić information content (AvgIpc) is 3.45. The van der Waals surface area contributed by atoms with Crippen molar-refractivity contribution >= 4 is 34.2 Å². The Labute approximate surface area is 207 Å². The number of hydrogen-bond acceptors (Lipinski definition) is 5. The Kier molecular flexibility index (Phi) is 6.00. The van der Waals surface area contributed by atoms with E-state index < -0.39 is 23.6 Å². The van der Waals surface area contributed by atoms with E-state index in [1.54, 1.807) is 55.5 Å². The number of amides is 2. The van der Waals surface area contributed by atoms with Crippen molar-refractivity contribution in [1.82, 2.24) is 5.16 Å². The molecule has 0 aliphatic rings. The molecule has 0 bridgehead atoms.